The molecule has 1 saturated carbocycles. The van der Waals surface area contributed by atoms with E-state index in [1.54, 1.807) is 12.1 Å². The van der Waals surface area contributed by atoms with Crippen molar-refractivity contribution in [3.05, 3.63) is 40.3 Å². The number of nitriles is 1. The average molecular weight is 284 g/mol. The molecule has 1 aliphatic carbocycles. The van der Waals surface area contributed by atoms with Gasteiger partial charge in [-0.1, -0.05) is 19.0 Å². The third-order valence-electron chi connectivity index (χ3n) is 4.01. The molecule has 7 nitrogen and oxygen atoms in total. The highest BCUT2D eigenvalue weighted by atomic mass is 16.6. The molecule has 1 heterocycles. The van der Waals surface area contributed by atoms with Crippen LogP contribution in [0.25, 0.3) is 11.4 Å². The molecule has 0 saturated heterocycles. The largest absolute Gasteiger partial charge is 0.339 e. The standard InChI is InChI=1S/C14H12N4O3/c1-14(2)10(7-15)11(14)13-16-12(17-21-13)8-3-5-9(6-4-8)18(19)20/h3-6,10-11H,1-2H3. The zero-order valence-corrected chi connectivity index (χ0v) is 11.5. The highest BCUT2D eigenvalue weighted by Crippen LogP contribution is 2.63. The van der Waals surface area contributed by atoms with Gasteiger partial charge < -0.3 is 4.52 Å². The van der Waals surface area contributed by atoms with E-state index < -0.39 is 4.92 Å². The molecule has 7 heteroatoms. The van der Waals surface area contributed by atoms with Crippen LogP contribution in [-0.4, -0.2) is 15.1 Å². The van der Waals surface area contributed by atoms with Crippen LogP contribution >= 0.6 is 0 Å². The Morgan fingerprint density at radius 1 is 1.38 bits per heavy atom. The molecule has 21 heavy (non-hydrogen) atoms. The minimum Gasteiger partial charge on any atom is -0.339 e. The molecule has 106 valence electrons. The number of non-ortho nitro benzene ring substituents is 1. The van der Waals surface area contributed by atoms with Crippen molar-refractivity contribution in [2.45, 2.75) is 19.8 Å². The zero-order valence-electron chi connectivity index (χ0n) is 11.5. The topological polar surface area (TPSA) is 106 Å². The van der Waals surface area contributed by atoms with Gasteiger partial charge in [0.15, 0.2) is 0 Å². The predicted molar refractivity (Wildman–Crippen MR) is 72.0 cm³/mol. The van der Waals surface area contributed by atoms with Gasteiger partial charge in [-0.25, -0.2) is 0 Å². The molecule has 0 spiro atoms. The number of nitro groups is 1. The van der Waals surface area contributed by atoms with Crippen molar-refractivity contribution in [1.82, 2.24) is 10.1 Å². The van der Waals surface area contributed by atoms with E-state index in [9.17, 15) is 10.1 Å². The van der Waals surface area contributed by atoms with Gasteiger partial charge >= 0.3 is 0 Å². The van der Waals surface area contributed by atoms with Crippen LogP contribution < -0.4 is 0 Å². The molecule has 1 aliphatic rings. The SMILES string of the molecule is CC1(C)C(C#N)C1c1nc(-c2ccc([N+](=O)[O-])cc2)no1. The van der Waals surface area contributed by atoms with Crippen molar-refractivity contribution in [3.8, 4) is 17.5 Å². The Hall–Kier alpha value is -2.75. The molecule has 1 fully saturated rings. The van der Waals surface area contributed by atoms with Crippen LogP contribution in [0.1, 0.15) is 25.7 Å². The van der Waals surface area contributed by atoms with E-state index in [0.717, 1.165) is 0 Å². The number of hydrogen-bond donors (Lipinski definition) is 0. The lowest BCUT2D eigenvalue weighted by molar-refractivity contribution is -0.384. The Balaban J connectivity index is 1.86. The summed E-state index contributed by atoms with van der Waals surface area (Å²) < 4.78 is 5.24. The van der Waals surface area contributed by atoms with Crippen molar-refractivity contribution >= 4 is 5.69 Å². The van der Waals surface area contributed by atoms with E-state index in [0.29, 0.717) is 17.3 Å². The van der Waals surface area contributed by atoms with E-state index >= 15 is 0 Å². The molecule has 0 amide bonds. The Bertz CT molecular complexity index is 742. The summed E-state index contributed by atoms with van der Waals surface area (Å²) in [5.41, 5.74) is 0.492. The fourth-order valence-electron chi connectivity index (χ4n) is 2.55. The Kier molecular flexibility index (Phi) is 2.76. The summed E-state index contributed by atoms with van der Waals surface area (Å²) in [5.74, 6) is 0.642. The van der Waals surface area contributed by atoms with Crippen LogP contribution in [0.15, 0.2) is 28.8 Å². The van der Waals surface area contributed by atoms with Crippen molar-refractivity contribution in [1.29, 1.82) is 5.26 Å². The first-order valence-electron chi connectivity index (χ1n) is 6.43. The van der Waals surface area contributed by atoms with Crippen molar-refractivity contribution in [2.75, 3.05) is 0 Å². The van der Waals surface area contributed by atoms with Gasteiger partial charge in [0.25, 0.3) is 5.69 Å². The van der Waals surface area contributed by atoms with Crippen LogP contribution in [0.2, 0.25) is 0 Å². The first kappa shape index (κ1) is 13.2. The number of nitro benzene ring substituents is 1. The smallest absolute Gasteiger partial charge is 0.269 e. The van der Waals surface area contributed by atoms with Crippen molar-refractivity contribution in [3.63, 3.8) is 0 Å². The van der Waals surface area contributed by atoms with Gasteiger partial charge in [0.1, 0.15) is 0 Å². The van der Waals surface area contributed by atoms with E-state index in [1.807, 2.05) is 13.8 Å². The van der Waals surface area contributed by atoms with E-state index in [4.69, 9.17) is 9.78 Å². The molecular formula is C14H12N4O3. The van der Waals surface area contributed by atoms with Gasteiger partial charge in [0.2, 0.25) is 11.7 Å². The second-order valence-electron chi connectivity index (χ2n) is 5.67. The van der Waals surface area contributed by atoms with Crippen LogP contribution in [0.4, 0.5) is 5.69 Å². The lowest BCUT2D eigenvalue weighted by Gasteiger charge is -1.95. The first-order valence-corrected chi connectivity index (χ1v) is 6.43. The van der Waals surface area contributed by atoms with Crippen molar-refractivity contribution < 1.29 is 9.45 Å². The van der Waals surface area contributed by atoms with Gasteiger partial charge in [-0.15, -0.1) is 0 Å². The maximum absolute atomic E-state index is 10.6. The summed E-state index contributed by atoms with van der Waals surface area (Å²) in [6.07, 6.45) is 0. The number of aromatic nitrogens is 2. The highest BCUT2D eigenvalue weighted by molar-refractivity contribution is 5.56. The molecular weight excluding hydrogens is 272 g/mol. The Labute approximate surface area is 120 Å². The number of nitrogens with zero attached hydrogens (tertiary/aromatic N) is 4. The Morgan fingerprint density at radius 2 is 2.05 bits per heavy atom. The summed E-state index contributed by atoms with van der Waals surface area (Å²) in [6.45, 7) is 3.97. The molecule has 2 unspecified atom stereocenters. The van der Waals surface area contributed by atoms with Gasteiger partial charge in [0.05, 0.1) is 22.8 Å². The molecule has 1 aromatic carbocycles. The third kappa shape index (κ3) is 2.05. The van der Waals surface area contributed by atoms with Gasteiger partial charge in [-0.05, 0) is 17.5 Å². The molecule has 0 aliphatic heterocycles. The highest BCUT2D eigenvalue weighted by Gasteiger charge is 2.62. The lowest BCUT2D eigenvalue weighted by Crippen LogP contribution is -1.90. The lowest BCUT2D eigenvalue weighted by atomic mass is 10.1. The van der Waals surface area contributed by atoms with E-state index in [1.165, 1.54) is 12.1 Å². The first-order chi connectivity index (χ1) is 9.95. The monoisotopic (exact) mass is 284 g/mol. The maximum atomic E-state index is 10.6. The fraction of sp³-hybridized carbons (Fsp3) is 0.357. The normalized spacial score (nSPS) is 22.5. The minimum absolute atomic E-state index is 0.00957. The fourth-order valence-corrected chi connectivity index (χ4v) is 2.55. The predicted octanol–water partition coefficient (Wildman–Crippen LogP) is 2.91. The molecule has 0 radical (unpaired) electrons. The molecule has 2 atom stereocenters. The zero-order chi connectivity index (χ0) is 15.2. The molecule has 2 aromatic rings. The number of rotatable bonds is 3. The summed E-state index contributed by atoms with van der Waals surface area (Å²) in [5, 5.41) is 23.6. The summed E-state index contributed by atoms with van der Waals surface area (Å²) >= 11 is 0. The van der Waals surface area contributed by atoms with Crippen LogP contribution in [0.3, 0.4) is 0 Å². The minimum atomic E-state index is -0.463. The average Bonchev–Trinajstić information content (AvgIpc) is 2.82. The maximum Gasteiger partial charge on any atom is 0.269 e. The second-order valence-corrected chi connectivity index (χ2v) is 5.67. The number of hydrogen-bond acceptors (Lipinski definition) is 6. The molecule has 0 bridgehead atoms. The van der Waals surface area contributed by atoms with Crippen LogP contribution in [0, 0.1) is 32.8 Å². The van der Waals surface area contributed by atoms with Crippen LogP contribution in [-0.2, 0) is 0 Å². The molecule has 3 rings (SSSR count). The molecule has 1 aromatic heterocycles. The van der Waals surface area contributed by atoms with Gasteiger partial charge in [-0.3, -0.25) is 10.1 Å². The Morgan fingerprint density at radius 3 is 2.57 bits per heavy atom. The summed E-state index contributed by atoms with van der Waals surface area (Å²) in [7, 11) is 0. The van der Waals surface area contributed by atoms with Crippen LogP contribution in [0.5, 0.6) is 0 Å². The molecule has 0 N–H and O–H groups in total. The quantitative estimate of drug-likeness (QED) is 0.633. The van der Waals surface area contributed by atoms with E-state index in [2.05, 4.69) is 16.2 Å². The van der Waals surface area contributed by atoms with E-state index in [-0.39, 0.29) is 22.9 Å². The van der Waals surface area contributed by atoms with Gasteiger partial charge in [-0.2, -0.15) is 10.2 Å². The number of benzene rings is 1. The third-order valence-corrected chi connectivity index (χ3v) is 4.01. The summed E-state index contributed by atoms with van der Waals surface area (Å²) in [6, 6.07) is 8.18. The summed E-state index contributed by atoms with van der Waals surface area (Å²) in [4.78, 5) is 14.5. The van der Waals surface area contributed by atoms with Crippen molar-refractivity contribution in [2.24, 2.45) is 11.3 Å². The second kappa shape index (κ2) is 4.38. The van der Waals surface area contributed by atoms with Gasteiger partial charge in [0, 0.05) is 17.7 Å².